The van der Waals surface area contributed by atoms with Crippen LogP contribution in [0.4, 0.5) is 0 Å². The van der Waals surface area contributed by atoms with Gasteiger partial charge in [-0.2, -0.15) is 0 Å². The Bertz CT molecular complexity index is 435. The molecule has 0 spiro atoms. The first-order chi connectivity index (χ1) is 10.1. The molecule has 0 aromatic heterocycles. The lowest BCUT2D eigenvalue weighted by atomic mass is 9.89. The van der Waals surface area contributed by atoms with E-state index in [0.717, 1.165) is 5.92 Å². The fourth-order valence-corrected chi connectivity index (χ4v) is 3.46. The quantitative estimate of drug-likeness (QED) is 0.705. The number of rotatable bonds is 7. The second-order valence-corrected chi connectivity index (χ2v) is 7.35. The first-order valence-corrected chi connectivity index (χ1v) is 8.94. The second-order valence-electron chi connectivity index (χ2n) is 7.35. The monoisotopic (exact) mass is 287 g/mol. The molecule has 1 N–H and O–H groups in total. The van der Waals surface area contributed by atoms with Crippen molar-refractivity contribution in [3.8, 4) is 0 Å². The van der Waals surface area contributed by atoms with E-state index in [9.17, 15) is 0 Å². The number of hydrogen-bond acceptors (Lipinski definition) is 1. The predicted octanol–water partition coefficient (Wildman–Crippen LogP) is 5.43. The maximum atomic E-state index is 3.78. The molecule has 1 nitrogen and oxygen atoms in total. The highest BCUT2D eigenvalue weighted by Gasteiger charge is 2.14. The smallest absolute Gasteiger partial charge is 0.0294 e. The van der Waals surface area contributed by atoms with Gasteiger partial charge in [-0.3, -0.25) is 0 Å². The zero-order valence-electron chi connectivity index (χ0n) is 14.4. The highest BCUT2D eigenvalue weighted by molar-refractivity contribution is 5.35. The first-order valence-electron chi connectivity index (χ1n) is 8.94. The van der Waals surface area contributed by atoms with Gasteiger partial charge >= 0.3 is 0 Å². The molecule has 1 aliphatic rings. The Morgan fingerprint density at radius 2 is 1.67 bits per heavy atom. The van der Waals surface area contributed by atoms with Gasteiger partial charge in [-0.05, 0) is 68.6 Å². The molecule has 2 atom stereocenters. The molecule has 0 heterocycles. The van der Waals surface area contributed by atoms with Gasteiger partial charge in [-0.1, -0.05) is 44.9 Å². The number of aryl methyl sites for hydroxylation is 2. The molecule has 0 saturated heterocycles. The van der Waals surface area contributed by atoms with Crippen LogP contribution in [0.5, 0.6) is 0 Å². The highest BCUT2D eigenvalue weighted by atomic mass is 14.9. The first kappa shape index (κ1) is 16.5. The molecule has 1 aromatic carbocycles. The minimum absolute atomic E-state index is 0.464. The SMILES string of the molecule is CC(C)CCCC(C)NC(C)c1ccc2c(c1)CCCC2. The third kappa shape index (κ3) is 5.14. The van der Waals surface area contributed by atoms with Crippen molar-refractivity contribution in [3.63, 3.8) is 0 Å². The second kappa shape index (κ2) is 7.98. The molecule has 0 aliphatic heterocycles. The summed E-state index contributed by atoms with van der Waals surface area (Å²) in [4.78, 5) is 0. The van der Waals surface area contributed by atoms with E-state index in [4.69, 9.17) is 0 Å². The minimum atomic E-state index is 0.464. The Hall–Kier alpha value is -0.820. The molecule has 0 fully saturated rings. The van der Waals surface area contributed by atoms with Gasteiger partial charge in [0.1, 0.15) is 0 Å². The van der Waals surface area contributed by atoms with Crippen molar-refractivity contribution in [3.05, 3.63) is 34.9 Å². The zero-order chi connectivity index (χ0) is 15.2. The third-order valence-corrected chi connectivity index (χ3v) is 4.83. The summed E-state index contributed by atoms with van der Waals surface area (Å²) in [5.41, 5.74) is 4.65. The average Bonchev–Trinajstić information content (AvgIpc) is 2.46. The van der Waals surface area contributed by atoms with Gasteiger partial charge in [0.2, 0.25) is 0 Å². The molecule has 1 aromatic rings. The molecule has 0 saturated carbocycles. The van der Waals surface area contributed by atoms with E-state index in [1.165, 1.54) is 50.5 Å². The average molecular weight is 287 g/mol. The van der Waals surface area contributed by atoms with Crippen LogP contribution in [-0.2, 0) is 12.8 Å². The van der Waals surface area contributed by atoms with E-state index in [1.54, 1.807) is 11.1 Å². The number of benzene rings is 1. The van der Waals surface area contributed by atoms with Crippen LogP contribution in [0.15, 0.2) is 18.2 Å². The van der Waals surface area contributed by atoms with Crippen LogP contribution < -0.4 is 5.32 Å². The fraction of sp³-hybridized carbons (Fsp3) is 0.700. The van der Waals surface area contributed by atoms with Crippen molar-refractivity contribution < 1.29 is 0 Å². The van der Waals surface area contributed by atoms with Gasteiger partial charge in [0.15, 0.2) is 0 Å². The predicted molar refractivity (Wildman–Crippen MR) is 92.8 cm³/mol. The Labute approximate surface area is 131 Å². The van der Waals surface area contributed by atoms with Crippen molar-refractivity contribution in [2.45, 2.75) is 84.7 Å². The van der Waals surface area contributed by atoms with Crippen molar-refractivity contribution in [2.75, 3.05) is 0 Å². The van der Waals surface area contributed by atoms with Crippen molar-refractivity contribution >= 4 is 0 Å². The molecule has 0 radical (unpaired) electrons. The number of nitrogens with one attached hydrogen (secondary N) is 1. The number of fused-ring (bicyclic) bond motifs is 1. The fourth-order valence-electron chi connectivity index (χ4n) is 3.46. The molecule has 2 unspecified atom stereocenters. The van der Waals surface area contributed by atoms with Crippen LogP contribution in [0, 0.1) is 5.92 Å². The van der Waals surface area contributed by atoms with Crippen LogP contribution in [0.25, 0.3) is 0 Å². The molecule has 118 valence electrons. The van der Waals surface area contributed by atoms with Gasteiger partial charge in [0, 0.05) is 12.1 Å². The summed E-state index contributed by atoms with van der Waals surface area (Å²) in [6, 6.07) is 8.22. The van der Waals surface area contributed by atoms with E-state index in [1.807, 2.05) is 0 Å². The maximum Gasteiger partial charge on any atom is 0.0294 e. The molecular weight excluding hydrogens is 254 g/mol. The summed E-state index contributed by atoms with van der Waals surface area (Å²) < 4.78 is 0. The standard InChI is InChI=1S/C20H33N/c1-15(2)8-7-9-16(3)21-17(4)19-13-12-18-10-5-6-11-20(18)14-19/h12-17,21H,5-11H2,1-4H3. The normalized spacial score (nSPS) is 17.6. The van der Waals surface area contributed by atoms with Gasteiger partial charge < -0.3 is 5.32 Å². The van der Waals surface area contributed by atoms with E-state index in [-0.39, 0.29) is 0 Å². The van der Waals surface area contributed by atoms with Gasteiger partial charge in [-0.25, -0.2) is 0 Å². The van der Waals surface area contributed by atoms with Gasteiger partial charge in [-0.15, -0.1) is 0 Å². The third-order valence-electron chi connectivity index (χ3n) is 4.83. The molecule has 0 amide bonds. The Balaban J connectivity index is 1.86. The summed E-state index contributed by atoms with van der Waals surface area (Å²) in [5, 5.41) is 3.78. The minimum Gasteiger partial charge on any atom is -0.308 e. The van der Waals surface area contributed by atoms with E-state index in [0.29, 0.717) is 12.1 Å². The largest absolute Gasteiger partial charge is 0.308 e. The molecular formula is C20H33N. The van der Waals surface area contributed by atoms with Crippen LogP contribution >= 0.6 is 0 Å². The van der Waals surface area contributed by atoms with Gasteiger partial charge in [0.25, 0.3) is 0 Å². The summed E-state index contributed by atoms with van der Waals surface area (Å²) in [7, 11) is 0. The van der Waals surface area contributed by atoms with Crippen LogP contribution in [0.2, 0.25) is 0 Å². The van der Waals surface area contributed by atoms with E-state index >= 15 is 0 Å². The van der Waals surface area contributed by atoms with Crippen LogP contribution in [-0.4, -0.2) is 6.04 Å². The zero-order valence-corrected chi connectivity index (χ0v) is 14.4. The Morgan fingerprint density at radius 3 is 2.38 bits per heavy atom. The lowest BCUT2D eigenvalue weighted by Crippen LogP contribution is -2.29. The molecule has 0 bridgehead atoms. The summed E-state index contributed by atoms with van der Waals surface area (Å²) >= 11 is 0. The lowest BCUT2D eigenvalue weighted by molar-refractivity contribution is 0.423. The van der Waals surface area contributed by atoms with Crippen molar-refractivity contribution in [2.24, 2.45) is 5.92 Å². The molecule has 1 heteroatoms. The highest BCUT2D eigenvalue weighted by Crippen LogP contribution is 2.25. The number of hydrogen-bond donors (Lipinski definition) is 1. The molecule has 21 heavy (non-hydrogen) atoms. The summed E-state index contributed by atoms with van der Waals surface area (Å²) in [5.74, 6) is 0.829. The Morgan fingerprint density at radius 1 is 0.952 bits per heavy atom. The Kier molecular flexibility index (Phi) is 6.29. The van der Waals surface area contributed by atoms with E-state index < -0.39 is 0 Å². The molecule has 2 rings (SSSR count). The van der Waals surface area contributed by atoms with Crippen LogP contribution in [0.3, 0.4) is 0 Å². The van der Waals surface area contributed by atoms with Gasteiger partial charge in [0.05, 0.1) is 0 Å². The maximum absolute atomic E-state index is 3.78. The molecule has 1 aliphatic carbocycles. The van der Waals surface area contributed by atoms with Crippen molar-refractivity contribution in [1.29, 1.82) is 0 Å². The lowest BCUT2D eigenvalue weighted by Gasteiger charge is -2.23. The van der Waals surface area contributed by atoms with Crippen molar-refractivity contribution in [1.82, 2.24) is 5.32 Å². The van der Waals surface area contributed by atoms with Crippen LogP contribution in [0.1, 0.15) is 82.5 Å². The summed E-state index contributed by atoms with van der Waals surface area (Å²) in [6.07, 6.45) is 9.26. The topological polar surface area (TPSA) is 12.0 Å². The van der Waals surface area contributed by atoms with E-state index in [2.05, 4.69) is 51.2 Å². The summed E-state index contributed by atoms with van der Waals surface area (Å²) in [6.45, 7) is 9.26.